The van der Waals surface area contributed by atoms with E-state index in [-0.39, 0.29) is 15.8 Å². The molecule has 9 heteroatoms. The van der Waals surface area contributed by atoms with E-state index in [2.05, 4.69) is 14.9 Å². The Morgan fingerprint density at radius 1 is 0.912 bits per heavy atom. The molecule has 0 radical (unpaired) electrons. The summed E-state index contributed by atoms with van der Waals surface area (Å²) in [6.07, 6.45) is 0.685. The standard InChI is InChI=1S/C25H20N4O3S2/c1-2-21-27-28-25(33-21)29-34(31,32)18-14-12-17(13-15-18)26-23-19-10-6-7-11-20(19)24(30)22(23)16-8-4-3-5-9-16/h3-15,22H,2H2,1H3,(H,28,29)/t22-/m1/s1. The molecule has 7 nitrogen and oxygen atoms in total. The van der Waals surface area contributed by atoms with E-state index in [1.807, 2.05) is 61.5 Å². The van der Waals surface area contributed by atoms with Gasteiger partial charge in [-0.2, -0.15) is 0 Å². The maximum atomic E-state index is 13.2. The Kier molecular flexibility index (Phi) is 5.80. The molecule has 34 heavy (non-hydrogen) atoms. The summed E-state index contributed by atoms with van der Waals surface area (Å²) in [6.45, 7) is 1.93. The van der Waals surface area contributed by atoms with Crippen molar-refractivity contribution in [2.75, 3.05) is 4.72 Å². The largest absolute Gasteiger partial charge is 0.293 e. The van der Waals surface area contributed by atoms with Gasteiger partial charge in [0.2, 0.25) is 5.13 Å². The molecule has 0 amide bonds. The number of anilines is 1. The number of nitrogens with one attached hydrogen (secondary N) is 1. The number of Topliss-reactive ketones (excluding diaryl/α,β-unsaturated/α-hetero) is 1. The van der Waals surface area contributed by atoms with Crippen molar-refractivity contribution in [1.29, 1.82) is 0 Å². The van der Waals surface area contributed by atoms with Crippen LogP contribution in [-0.2, 0) is 16.4 Å². The summed E-state index contributed by atoms with van der Waals surface area (Å²) in [5.74, 6) is -0.499. The summed E-state index contributed by atoms with van der Waals surface area (Å²) in [5.41, 5.74) is 3.52. The highest BCUT2D eigenvalue weighted by Crippen LogP contribution is 2.36. The molecule has 1 N–H and O–H groups in total. The summed E-state index contributed by atoms with van der Waals surface area (Å²) in [6, 6.07) is 23.2. The van der Waals surface area contributed by atoms with Crippen LogP contribution in [0.4, 0.5) is 10.8 Å². The number of aromatic nitrogens is 2. The van der Waals surface area contributed by atoms with Crippen molar-refractivity contribution in [3.8, 4) is 0 Å². The molecule has 1 aliphatic rings. The minimum absolute atomic E-state index is 0.00690. The number of ketones is 1. The lowest BCUT2D eigenvalue weighted by molar-refractivity contribution is 0.0988. The number of nitrogens with zero attached hydrogens (tertiary/aromatic N) is 3. The van der Waals surface area contributed by atoms with E-state index in [0.717, 1.165) is 16.1 Å². The second kappa shape index (κ2) is 8.92. The van der Waals surface area contributed by atoms with Gasteiger partial charge in [0.1, 0.15) is 5.01 Å². The fourth-order valence-corrected chi connectivity index (χ4v) is 5.80. The molecule has 0 bridgehead atoms. The third-order valence-corrected chi connectivity index (χ3v) is 7.99. The van der Waals surface area contributed by atoms with Gasteiger partial charge in [-0.3, -0.25) is 14.5 Å². The van der Waals surface area contributed by atoms with Crippen LogP contribution >= 0.6 is 11.3 Å². The first-order valence-electron chi connectivity index (χ1n) is 10.7. The van der Waals surface area contributed by atoms with Crippen molar-refractivity contribution in [3.63, 3.8) is 0 Å². The lowest BCUT2D eigenvalue weighted by Crippen LogP contribution is -2.14. The van der Waals surface area contributed by atoms with E-state index in [4.69, 9.17) is 4.99 Å². The Morgan fingerprint density at radius 3 is 2.26 bits per heavy atom. The van der Waals surface area contributed by atoms with Gasteiger partial charge in [0.25, 0.3) is 10.0 Å². The Morgan fingerprint density at radius 2 is 1.59 bits per heavy atom. The minimum atomic E-state index is -3.81. The Hall–Kier alpha value is -3.69. The molecule has 0 aliphatic heterocycles. The zero-order valence-electron chi connectivity index (χ0n) is 18.2. The number of hydrogen-bond acceptors (Lipinski definition) is 7. The number of aliphatic imine (C=N–C) groups is 1. The third kappa shape index (κ3) is 4.15. The van der Waals surface area contributed by atoms with Crippen LogP contribution in [0.25, 0.3) is 0 Å². The number of benzene rings is 3. The van der Waals surface area contributed by atoms with Gasteiger partial charge >= 0.3 is 0 Å². The van der Waals surface area contributed by atoms with Gasteiger partial charge in [-0.25, -0.2) is 8.42 Å². The average Bonchev–Trinajstić information content (AvgIpc) is 3.42. The van der Waals surface area contributed by atoms with Crippen molar-refractivity contribution >= 4 is 43.7 Å². The van der Waals surface area contributed by atoms with Crippen molar-refractivity contribution in [2.24, 2.45) is 4.99 Å². The molecule has 1 aromatic heterocycles. The first-order valence-corrected chi connectivity index (χ1v) is 13.0. The van der Waals surface area contributed by atoms with Crippen LogP contribution in [0, 0.1) is 0 Å². The van der Waals surface area contributed by atoms with Crippen LogP contribution in [0.15, 0.2) is 88.8 Å². The SMILES string of the molecule is CCc1nnc(NS(=O)(=O)c2ccc(N=C3c4ccccc4C(=O)[C@@H]3c3ccccc3)cc2)s1. The summed E-state index contributed by atoms with van der Waals surface area (Å²) in [7, 11) is -3.81. The highest BCUT2D eigenvalue weighted by Gasteiger charge is 2.37. The highest BCUT2D eigenvalue weighted by molar-refractivity contribution is 7.93. The van der Waals surface area contributed by atoms with E-state index < -0.39 is 15.9 Å². The number of rotatable bonds is 6. The van der Waals surface area contributed by atoms with Crippen LogP contribution in [0.1, 0.15) is 39.3 Å². The maximum absolute atomic E-state index is 13.2. The Balaban J connectivity index is 1.48. The number of carbonyl (C=O) groups excluding carboxylic acids is 1. The topological polar surface area (TPSA) is 101 Å². The monoisotopic (exact) mass is 488 g/mol. The molecule has 170 valence electrons. The molecular weight excluding hydrogens is 468 g/mol. The van der Waals surface area contributed by atoms with Crippen LogP contribution in [-0.4, -0.2) is 30.1 Å². The predicted molar refractivity (Wildman–Crippen MR) is 133 cm³/mol. The summed E-state index contributed by atoms with van der Waals surface area (Å²) < 4.78 is 28.0. The van der Waals surface area contributed by atoms with Gasteiger partial charge in [-0.15, -0.1) is 10.2 Å². The molecule has 1 atom stereocenters. The van der Waals surface area contributed by atoms with E-state index in [1.54, 1.807) is 12.1 Å². The molecule has 0 saturated carbocycles. The molecule has 1 heterocycles. The zero-order chi connectivity index (χ0) is 23.7. The van der Waals surface area contributed by atoms with Gasteiger partial charge in [0.15, 0.2) is 5.78 Å². The molecule has 1 aliphatic carbocycles. The molecule has 5 rings (SSSR count). The number of hydrogen-bond donors (Lipinski definition) is 1. The first kappa shape index (κ1) is 22.1. The van der Waals surface area contributed by atoms with Crippen LogP contribution in [0.3, 0.4) is 0 Å². The van der Waals surface area contributed by atoms with Gasteiger partial charge < -0.3 is 0 Å². The molecule has 3 aromatic carbocycles. The number of sulfonamides is 1. The number of aryl methyl sites for hydroxylation is 1. The van der Waals surface area contributed by atoms with Crippen LogP contribution in [0.5, 0.6) is 0 Å². The zero-order valence-corrected chi connectivity index (χ0v) is 19.8. The number of fused-ring (bicyclic) bond motifs is 1. The molecule has 4 aromatic rings. The molecule has 0 unspecified atom stereocenters. The second-order valence-electron chi connectivity index (χ2n) is 7.70. The normalized spacial score (nSPS) is 16.6. The van der Waals surface area contributed by atoms with Gasteiger partial charge in [0.05, 0.1) is 22.2 Å². The van der Waals surface area contributed by atoms with Gasteiger partial charge in [-0.05, 0) is 36.2 Å². The first-order chi connectivity index (χ1) is 16.5. The van der Waals surface area contributed by atoms with E-state index in [9.17, 15) is 13.2 Å². The van der Waals surface area contributed by atoms with Crippen molar-refractivity contribution in [2.45, 2.75) is 24.2 Å². The molecule has 0 spiro atoms. The van der Waals surface area contributed by atoms with Crippen molar-refractivity contribution in [1.82, 2.24) is 10.2 Å². The van der Waals surface area contributed by atoms with Gasteiger partial charge in [0, 0.05) is 11.1 Å². The minimum Gasteiger partial charge on any atom is -0.293 e. The summed E-state index contributed by atoms with van der Waals surface area (Å²) >= 11 is 1.20. The molecule has 0 fully saturated rings. The van der Waals surface area contributed by atoms with Gasteiger partial charge in [-0.1, -0.05) is 72.9 Å². The Labute approximate surface area is 201 Å². The fourth-order valence-electron chi connectivity index (χ4n) is 3.89. The Bertz CT molecular complexity index is 1490. The maximum Gasteiger partial charge on any atom is 0.263 e. The predicted octanol–water partition coefficient (Wildman–Crippen LogP) is 5.00. The molecular formula is C25H20N4O3S2. The molecule has 0 saturated heterocycles. The second-order valence-corrected chi connectivity index (χ2v) is 10.4. The van der Waals surface area contributed by atoms with E-state index >= 15 is 0 Å². The quantitative estimate of drug-likeness (QED) is 0.411. The average molecular weight is 489 g/mol. The lowest BCUT2D eigenvalue weighted by Gasteiger charge is -2.11. The van der Waals surface area contributed by atoms with Crippen LogP contribution < -0.4 is 4.72 Å². The highest BCUT2D eigenvalue weighted by atomic mass is 32.2. The van der Waals surface area contributed by atoms with Crippen LogP contribution in [0.2, 0.25) is 0 Å². The third-order valence-electron chi connectivity index (χ3n) is 5.52. The lowest BCUT2D eigenvalue weighted by atomic mass is 9.93. The summed E-state index contributed by atoms with van der Waals surface area (Å²) in [4.78, 5) is 18.1. The van der Waals surface area contributed by atoms with E-state index in [0.29, 0.717) is 23.4 Å². The van der Waals surface area contributed by atoms with Crippen molar-refractivity contribution < 1.29 is 13.2 Å². The smallest absolute Gasteiger partial charge is 0.263 e. The fraction of sp³-hybridized carbons (Fsp3) is 0.120. The number of carbonyl (C=O) groups is 1. The van der Waals surface area contributed by atoms with E-state index in [1.165, 1.54) is 23.5 Å². The summed E-state index contributed by atoms with van der Waals surface area (Å²) in [5, 5.41) is 8.79. The van der Waals surface area contributed by atoms with Crippen molar-refractivity contribution in [3.05, 3.63) is 101 Å².